The van der Waals surface area contributed by atoms with Crippen molar-refractivity contribution in [1.29, 1.82) is 0 Å². The van der Waals surface area contributed by atoms with Gasteiger partial charge in [-0.25, -0.2) is 4.57 Å². The van der Waals surface area contributed by atoms with Gasteiger partial charge in [-0.05, 0) is 0 Å². The number of imidazole rings is 1. The van der Waals surface area contributed by atoms with Crippen LogP contribution in [0.4, 0.5) is 5.82 Å². The number of rotatable bonds is 2. The van der Waals surface area contributed by atoms with Gasteiger partial charge in [0, 0.05) is 0 Å². The first-order valence-corrected chi connectivity index (χ1v) is 6.72. The second-order valence-electron chi connectivity index (χ2n) is 5.40. The molecule has 2 aliphatic heterocycles. The summed E-state index contributed by atoms with van der Waals surface area (Å²) in [5.74, 6) is -1.55. The molecule has 4 heterocycles. The van der Waals surface area contributed by atoms with Gasteiger partial charge in [0.2, 0.25) is 11.3 Å². The van der Waals surface area contributed by atoms with E-state index in [0.29, 0.717) is 17.0 Å². The number of H-pyrrole nitrogens is 1. The molecule has 2 fully saturated rings. The van der Waals surface area contributed by atoms with E-state index in [2.05, 4.69) is 15.0 Å². The van der Waals surface area contributed by atoms with E-state index in [1.807, 2.05) is 4.57 Å². The van der Waals surface area contributed by atoms with E-state index in [9.17, 15) is 10.2 Å². The molecule has 2 aromatic heterocycles. The molecule has 9 heteroatoms. The number of aliphatic hydroxyl groups excluding tert-OH is 1. The largest absolute Gasteiger partial charge is 0.396 e. The molecule has 9 nitrogen and oxygen atoms in total. The predicted octanol–water partition coefficient (Wildman–Crippen LogP) is -1.91. The molecule has 4 atom stereocenters. The third-order valence-electron chi connectivity index (χ3n) is 4.33. The van der Waals surface area contributed by atoms with Crippen molar-refractivity contribution in [1.82, 2.24) is 15.0 Å². The van der Waals surface area contributed by atoms with Gasteiger partial charge in [0.25, 0.3) is 0 Å². The average molecular weight is 294 g/mol. The molecule has 0 bridgehead atoms. The maximum absolute atomic E-state index is 10.6. The van der Waals surface area contributed by atoms with E-state index >= 15 is 0 Å². The van der Waals surface area contributed by atoms with Crippen molar-refractivity contribution in [2.75, 3.05) is 25.6 Å². The zero-order valence-electron chi connectivity index (χ0n) is 11.1. The predicted molar refractivity (Wildman–Crippen MR) is 68.8 cm³/mol. The summed E-state index contributed by atoms with van der Waals surface area (Å²) in [7, 11) is 0. The van der Waals surface area contributed by atoms with Crippen molar-refractivity contribution in [3.8, 4) is 0 Å². The van der Waals surface area contributed by atoms with Crippen LogP contribution in [0.5, 0.6) is 0 Å². The second kappa shape index (κ2) is 4.34. The van der Waals surface area contributed by atoms with E-state index in [1.165, 1.54) is 6.33 Å². The number of nitrogen functional groups attached to an aromatic ring is 1. The highest BCUT2D eigenvalue weighted by molar-refractivity contribution is 5.77. The SMILES string of the molecule is Nc1ncnc2c1[nH]c[n+]2[C@H]1CO[C@]2(O)[C@H](CO)CO[C@H]12. The maximum Gasteiger partial charge on any atom is 0.307 e. The fourth-order valence-corrected chi connectivity index (χ4v) is 3.17. The summed E-state index contributed by atoms with van der Waals surface area (Å²) in [4.78, 5) is 11.2. The number of fused-ring (bicyclic) bond motifs is 2. The number of aliphatic hydroxyl groups is 2. The highest BCUT2D eigenvalue weighted by Crippen LogP contribution is 2.42. The van der Waals surface area contributed by atoms with Gasteiger partial charge >= 0.3 is 5.65 Å². The average Bonchev–Trinajstić information content (AvgIpc) is 3.11. The molecular formula is C12H16N5O4+. The van der Waals surface area contributed by atoms with Crippen LogP contribution >= 0.6 is 0 Å². The lowest BCUT2D eigenvalue weighted by atomic mass is 9.96. The normalized spacial score (nSPS) is 35.4. The topological polar surface area (TPSA) is 130 Å². The summed E-state index contributed by atoms with van der Waals surface area (Å²) < 4.78 is 13.0. The Kier molecular flexibility index (Phi) is 2.67. The Morgan fingerprint density at radius 1 is 1.48 bits per heavy atom. The fourth-order valence-electron chi connectivity index (χ4n) is 3.17. The third-order valence-corrected chi connectivity index (χ3v) is 4.33. The fraction of sp³-hybridized carbons (Fsp3) is 0.583. The number of nitrogens with zero attached hydrogens (tertiary/aromatic N) is 3. The monoisotopic (exact) mass is 294 g/mol. The van der Waals surface area contributed by atoms with Crippen molar-refractivity contribution >= 4 is 17.0 Å². The first kappa shape index (κ1) is 12.9. The second-order valence-corrected chi connectivity index (χ2v) is 5.40. The number of nitrogens with two attached hydrogens (primary N) is 1. The molecule has 0 radical (unpaired) electrons. The summed E-state index contributed by atoms with van der Waals surface area (Å²) in [5.41, 5.74) is 7.05. The van der Waals surface area contributed by atoms with Gasteiger partial charge in [0.1, 0.15) is 12.1 Å². The summed E-state index contributed by atoms with van der Waals surface area (Å²) in [6.07, 6.45) is 2.54. The Labute approximate surface area is 119 Å². The molecule has 2 saturated heterocycles. The van der Waals surface area contributed by atoms with Crippen LogP contribution in [0.2, 0.25) is 0 Å². The van der Waals surface area contributed by atoms with Crippen LogP contribution in [-0.4, -0.2) is 56.9 Å². The van der Waals surface area contributed by atoms with Crippen LogP contribution in [0.15, 0.2) is 12.7 Å². The quantitative estimate of drug-likeness (QED) is 0.476. The van der Waals surface area contributed by atoms with Crippen molar-refractivity contribution in [2.24, 2.45) is 5.92 Å². The zero-order chi connectivity index (χ0) is 14.6. The first-order valence-electron chi connectivity index (χ1n) is 6.72. The van der Waals surface area contributed by atoms with Gasteiger partial charge in [-0.2, -0.15) is 4.98 Å². The number of ether oxygens (including phenoxy) is 2. The lowest BCUT2D eigenvalue weighted by Gasteiger charge is -2.25. The molecule has 0 aliphatic carbocycles. The molecule has 0 unspecified atom stereocenters. The Bertz CT molecular complexity index is 691. The molecule has 0 spiro atoms. The highest BCUT2D eigenvalue weighted by atomic mass is 16.7. The highest BCUT2D eigenvalue weighted by Gasteiger charge is 2.61. The first-order chi connectivity index (χ1) is 10.1. The van der Waals surface area contributed by atoms with Gasteiger partial charge < -0.3 is 25.4 Å². The van der Waals surface area contributed by atoms with E-state index < -0.39 is 17.8 Å². The van der Waals surface area contributed by atoms with Crippen LogP contribution < -0.4 is 10.3 Å². The molecule has 21 heavy (non-hydrogen) atoms. The number of nitrogens with one attached hydrogen (secondary N) is 1. The van der Waals surface area contributed by atoms with Crippen molar-refractivity contribution < 1.29 is 24.3 Å². The van der Waals surface area contributed by atoms with Crippen LogP contribution in [-0.2, 0) is 9.47 Å². The molecule has 2 aromatic rings. The summed E-state index contributed by atoms with van der Waals surface area (Å²) in [5, 5.41) is 19.9. The Hall–Kier alpha value is -1.81. The molecular weight excluding hydrogens is 278 g/mol. The maximum atomic E-state index is 10.6. The molecule has 112 valence electrons. The Morgan fingerprint density at radius 2 is 2.33 bits per heavy atom. The molecule has 0 amide bonds. The summed E-state index contributed by atoms with van der Waals surface area (Å²) >= 11 is 0. The van der Waals surface area contributed by atoms with Crippen molar-refractivity contribution in [3.63, 3.8) is 0 Å². The number of anilines is 1. The molecule has 5 N–H and O–H groups in total. The van der Waals surface area contributed by atoms with Gasteiger partial charge in [-0.3, -0.25) is 4.98 Å². The molecule has 0 saturated carbocycles. The van der Waals surface area contributed by atoms with Gasteiger partial charge in [0.15, 0.2) is 18.5 Å². The smallest absolute Gasteiger partial charge is 0.307 e. The zero-order valence-corrected chi connectivity index (χ0v) is 11.1. The Balaban J connectivity index is 1.76. The Morgan fingerprint density at radius 3 is 3.14 bits per heavy atom. The minimum absolute atomic E-state index is 0.187. The molecule has 2 aliphatic rings. The minimum atomic E-state index is -1.46. The third kappa shape index (κ3) is 1.62. The van der Waals surface area contributed by atoms with E-state index in [4.69, 9.17) is 15.2 Å². The van der Waals surface area contributed by atoms with Gasteiger partial charge in [-0.15, -0.1) is 0 Å². The van der Waals surface area contributed by atoms with E-state index in [-0.39, 0.29) is 25.9 Å². The van der Waals surface area contributed by atoms with Gasteiger partial charge in [0.05, 0.1) is 25.7 Å². The lowest BCUT2D eigenvalue weighted by Crippen LogP contribution is -2.50. The molecule has 4 rings (SSSR count). The van der Waals surface area contributed by atoms with Crippen molar-refractivity contribution in [3.05, 3.63) is 12.7 Å². The summed E-state index contributed by atoms with van der Waals surface area (Å²) in [6, 6.07) is -0.255. The number of aromatic nitrogens is 4. The van der Waals surface area contributed by atoms with E-state index in [0.717, 1.165) is 0 Å². The van der Waals surface area contributed by atoms with Crippen LogP contribution in [0.25, 0.3) is 11.2 Å². The number of hydrogen-bond donors (Lipinski definition) is 4. The van der Waals surface area contributed by atoms with Crippen LogP contribution in [0.1, 0.15) is 6.04 Å². The summed E-state index contributed by atoms with van der Waals surface area (Å²) in [6.45, 7) is 0.334. The number of aromatic amines is 1. The van der Waals surface area contributed by atoms with E-state index in [1.54, 1.807) is 6.33 Å². The lowest BCUT2D eigenvalue weighted by molar-refractivity contribution is -0.704. The molecule has 0 aromatic carbocycles. The number of hydrogen-bond acceptors (Lipinski definition) is 7. The van der Waals surface area contributed by atoms with Crippen LogP contribution in [0, 0.1) is 5.92 Å². The van der Waals surface area contributed by atoms with Gasteiger partial charge in [-0.1, -0.05) is 4.98 Å². The standard InChI is InChI=1S/C12H15N5O4/c13-10-8-11(15-4-14-10)17(5-16-8)7-3-21-12(19)6(1-18)2-20-9(7)12/h4-7,9,18-19H,1-3H2,(H2,13,14,15)/p+1/t6-,7+,9-,12-/m1/s1. The van der Waals surface area contributed by atoms with Crippen molar-refractivity contribution in [2.45, 2.75) is 17.9 Å². The van der Waals surface area contributed by atoms with Crippen LogP contribution in [0.3, 0.4) is 0 Å². The minimum Gasteiger partial charge on any atom is -0.396 e.